The number of benzene rings is 3. The van der Waals surface area contributed by atoms with Crippen molar-refractivity contribution in [1.29, 1.82) is 0 Å². The molecule has 0 bridgehead atoms. The summed E-state index contributed by atoms with van der Waals surface area (Å²) in [4.78, 5) is 56.8. The van der Waals surface area contributed by atoms with E-state index in [1.165, 1.54) is 24.3 Å². The van der Waals surface area contributed by atoms with E-state index in [1.807, 2.05) is 0 Å². The maximum absolute atomic E-state index is 14.3. The van der Waals surface area contributed by atoms with E-state index < -0.39 is 130 Å². The van der Waals surface area contributed by atoms with E-state index in [9.17, 15) is 77.0 Å². The lowest BCUT2D eigenvalue weighted by atomic mass is 9.57. The van der Waals surface area contributed by atoms with Crippen molar-refractivity contribution in [2.45, 2.75) is 43.5 Å². The second-order valence-corrected chi connectivity index (χ2v) is 14.0. The number of carbonyl (C=O) groups excluding carboxylic acids is 4. The summed E-state index contributed by atoms with van der Waals surface area (Å²) < 4.78 is 171. The number of methoxy groups -OCH3 is 1. The van der Waals surface area contributed by atoms with E-state index in [-0.39, 0.29) is 69.5 Å². The minimum atomic E-state index is -5.37. The zero-order valence-corrected chi connectivity index (χ0v) is 28.6. The highest BCUT2D eigenvalue weighted by molar-refractivity contribution is 6.24. The number of anilines is 2. The van der Waals surface area contributed by atoms with Crippen molar-refractivity contribution in [2.24, 2.45) is 29.6 Å². The van der Waals surface area contributed by atoms with Gasteiger partial charge in [-0.05, 0) is 61.2 Å². The first-order chi connectivity index (χ1) is 26.3. The van der Waals surface area contributed by atoms with Gasteiger partial charge in [-0.3, -0.25) is 19.2 Å². The van der Waals surface area contributed by atoms with Crippen molar-refractivity contribution in [3.8, 4) is 11.5 Å². The van der Waals surface area contributed by atoms with Crippen LogP contribution in [0.25, 0.3) is 0 Å². The number of alkyl halides is 12. The summed E-state index contributed by atoms with van der Waals surface area (Å²) in [6.07, 6.45) is -21.0. The van der Waals surface area contributed by atoms with Crippen LogP contribution >= 0.6 is 0 Å². The fourth-order valence-corrected chi connectivity index (χ4v) is 8.54. The summed E-state index contributed by atoms with van der Waals surface area (Å²) in [5.41, 5.74) is -9.52. The molecule has 4 amide bonds. The van der Waals surface area contributed by atoms with Crippen LogP contribution in [0.4, 0.5) is 64.1 Å². The highest BCUT2D eigenvalue weighted by Gasteiger charge is 2.63. The molecule has 1 saturated carbocycles. The summed E-state index contributed by atoms with van der Waals surface area (Å²) in [5, 5.41) is 11.3. The number of ether oxygens (including phenoxy) is 1. The lowest BCUT2D eigenvalue weighted by molar-refractivity contribution is -0.144. The van der Waals surface area contributed by atoms with Gasteiger partial charge in [-0.1, -0.05) is 23.8 Å². The lowest BCUT2D eigenvalue weighted by Crippen LogP contribution is -2.43. The largest absolute Gasteiger partial charge is 0.504 e. The third-order valence-electron chi connectivity index (χ3n) is 10.9. The van der Waals surface area contributed by atoms with Gasteiger partial charge in [0, 0.05) is 11.5 Å². The number of carbonyl (C=O) groups is 4. The number of phenols is 1. The van der Waals surface area contributed by atoms with Gasteiger partial charge in [0.15, 0.2) is 11.5 Å². The van der Waals surface area contributed by atoms with Crippen molar-refractivity contribution in [1.82, 2.24) is 0 Å². The molecule has 0 radical (unpaired) electrons. The van der Waals surface area contributed by atoms with Gasteiger partial charge < -0.3 is 9.84 Å². The molecule has 2 aliphatic carbocycles. The highest BCUT2D eigenvalue weighted by Crippen LogP contribution is 2.60. The molecule has 3 fully saturated rings. The van der Waals surface area contributed by atoms with Gasteiger partial charge in [0.1, 0.15) is 0 Å². The summed E-state index contributed by atoms with van der Waals surface area (Å²) in [7, 11) is 1.16. The van der Waals surface area contributed by atoms with Crippen molar-refractivity contribution >= 4 is 35.0 Å². The Labute approximate surface area is 312 Å². The zero-order valence-electron chi connectivity index (χ0n) is 28.6. The van der Waals surface area contributed by atoms with Gasteiger partial charge in [0.05, 0.1) is 64.4 Å². The number of para-hydroxylation sites is 1. The maximum atomic E-state index is 14.3. The normalized spacial score (nSPS) is 25.4. The first-order valence-electron chi connectivity index (χ1n) is 16.7. The quantitative estimate of drug-likeness (QED) is 0.161. The zero-order chi connectivity index (χ0) is 41.9. The fourth-order valence-electron chi connectivity index (χ4n) is 8.54. The molecule has 2 aliphatic heterocycles. The minimum absolute atomic E-state index is 0.104. The molecule has 3 aromatic carbocycles. The number of amides is 4. The molecular weight excluding hydrogens is 796 g/mol. The third-order valence-corrected chi connectivity index (χ3v) is 10.9. The molecule has 2 saturated heterocycles. The topological polar surface area (TPSA) is 104 Å². The molecule has 0 aromatic heterocycles. The van der Waals surface area contributed by atoms with Crippen molar-refractivity contribution in [2.75, 3.05) is 16.9 Å². The second kappa shape index (κ2) is 13.0. The van der Waals surface area contributed by atoms with Crippen LogP contribution in [0.3, 0.4) is 0 Å². The number of fused-ring (bicyclic) bond motifs is 4. The monoisotopic (exact) mass is 820 g/mol. The Balaban J connectivity index is 1.37. The molecule has 3 aromatic rings. The number of allylic oxidation sites excluding steroid dienone is 2. The maximum Gasteiger partial charge on any atom is 0.416 e. The predicted octanol–water partition coefficient (Wildman–Crippen LogP) is 8.52. The molecular formula is C37H24F12N2O6. The molecule has 6 unspecified atom stereocenters. The van der Waals surface area contributed by atoms with Crippen LogP contribution in [0.15, 0.2) is 66.2 Å². The molecule has 20 heteroatoms. The van der Waals surface area contributed by atoms with E-state index in [4.69, 9.17) is 4.74 Å². The molecule has 57 heavy (non-hydrogen) atoms. The Morgan fingerprint density at radius 2 is 1.04 bits per heavy atom. The third kappa shape index (κ3) is 6.45. The highest BCUT2D eigenvalue weighted by atomic mass is 19.4. The van der Waals surface area contributed by atoms with Gasteiger partial charge in [-0.25, -0.2) is 9.80 Å². The van der Waals surface area contributed by atoms with Crippen LogP contribution < -0.4 is 14.5 Å². The molecule has 8 nitrogen and oxygen atoms in total. The Bertz CT molecular complexity index is 2200. The van der Waals surface area contributed by atoms with Crippen molar-refractivity contribution in [3.05, 3.63) is 94.1 Å². The molecule has 4 aliphatic rings. The Hall–Kier alpha value is -5.56. The Morgan fingerprint density at radius 1 is 0.596 bits per heavy atom. The van der Waals surface area contributed by atoms with Crippen LogP contribution in [0.1, 0.15) is 46.6 Å². The summed E-state index contributed by atoms with van der Waals surface area (Å²) in [6, 6.07) is 4.21. The number of rotatable bonds is 4. The molecule has 2 heterocycles. The van der Waals surface area contributed by atoms with Crippen LogP contribution in [0.5, 0.6) is 11.5 Å². The van der Waals surface area contributed by atoms with Gasteiger partial charge in [-0.2, -0.15) is 52.7 Å². The van der Waals surface area contributed by atoms with Crippen LogP contribution in [-0.4, -0.2) is 35.8 Å². The van der Waals surface area contributed by atoms with E-state index >= 15 is 0 Å². The average molecular weight is 821 g/mol. The van der Waals surface area contributed by atoms with Gasteiger partial charge in [0.2, 0.25) is 23.6 Å². The fraction of sp³-hybridized carbons (Fsp3) is 0.351. The number of aromatic hydroxyl groups is 1. The number of nitrogens with zero attached hydrogens (tertiary/aromatic N) is 2. The van der Waals surface area contributed by atoms with Crippen LogP contribution in [-0.2, 0) is 43.9 Å². The van der Waals surface area contributed by atoms with E-state index in [1.54, 1.807) is 0 Å². The average Bonchev–Trinajstić information content (AvgIpc) is 3.52. The number of hydrogen-bond acceptors (Lipinski definition) is 6. The predicted molar refractivity (Wildman–Crippen MR) is 170 cm³/mol. The Kier molecular flexibility index (Phi) is 9.04. The van der Waals surface area contributed by atoms with E-state index in [0.29, 0.717) is 0 Å². The summed E-state index contributed by atoms with van der Waals surface area (Å²) in [6.45, 7) is 0. The van der Waals surface area contributed by atoms with Crippen LogP contribution in [0.2, 0.25) is 0 Å². The molecule has 7 rings (SSSR count). The first-order valence-corrected chi connectivity index (χ1v) is 16.7. The van der Waals surface area contributed by atoms with Crippen molar-refractivity contribution < 1.29 is 81.7 Å². The van der Waals surface area contributed by atoms with Gasteiger partial charge in [0.25, 0.3) is 0 Å². The molecule has 6 atom stereocenters. The minimum Gasteiger partial charge on any atom is -0.504 e. The first kappa shape index (κ1) is 39.7. The van der Waals surface area contributed by atoms with Gasteiger partial charge >= 0.3 is 24.7 Å². The summed E-state index contributed by atoms with van der Waals surface area (Å²) >= 11 is 0. The van der Waals surface area contributed by atoms with Crippen molar-refractivity contribution in [3.63, 3.8) is 0 Å². The van der Waals surface area contributed by atoms with Crippen LogP contribution in [0, 0.1) is 29.6 Å². The number of imide groups is 2. The molecule has 0 spiro atoms. The summed E-state index contributed by atoms with van der Waals surface area (Å²) in [5.74, 6) is -14.9. The smallest absolute Gasteiger partial charge is 0.416 e. The molecule has 302 valence electrons. The second-order valence-electron chi connectivity index (χ2n) is 14.0. The Morgan fingerprint density at radius 3 is 1.47 bits per heavy atom. The SMILES string of the molecule is COc1cccc(C2C3=CCC4C(=O)N(c5cc(C(F)(F)F)cc(C(F)(F)F)c5)C(=O)C4C3CC3C(=O)N(c4cc(C(F)(F)F)cc(C(F)(F)F)c4)C(=O)C32)c1O. The van der Waals surface area contributed by atoms with E-state index in [0.717, 1.165) is 7.11 Å². The molecule has 1 N–H and O–H groups in total. The standard InChI is InChI=1S/C37H24F12N2O6/c1-57-25-4-2-3-21(29(25)52)26-20-5-6-22-27(32(55)50(30(22)53)18-9-14(34(38,39)40)7-15(10-18)35(41,42)43)23(20)13-24-28(26)33(56)51(31(24)54)19-11-16(36(44,45)46)8-17(12-19)37(47,48)49/h2-5,7-12,22-24,26-28,52H,6,13H2,1H3. The number of halogens is 12. The number of hydrogen-bond donors (Lipinski definition) is 1. The van der Waals surface area contributed by atoms with Gasteiger partial charge in [-0.15, -0.1) is 0 Å². The van der Waals surface area contributed by atoms with E-state index in [2.05, 4.69) is 0 Å². The number of phenolic OH excluding ortho intramolecular Hbond substituents is 1. The lowest BCUT2D eigenvalue weighted by Gasteiger charge is -2.44.